The summed E-state index contributed by atoms with van der Waals surface area (Å²) in [6.07, 6.45) is 14.3. The summed E-state index contributed by atoms with van der Waals surface area (Å²) in [4.78, 5) is 28.0. The van der Waals surface area contributed by atoms with Gasteiger partial charge in [0.1, 0.15) is 12.1 Å². The van der Waals surface area contributed by atoms with Crippen LogP contribution in [0, 0.1) is 11.8 Å². The van der Waals surface area contributed by atoms with E-state index in [0.29, 0.717) is 13.0 Å². The Morgan fingerprint density at radius 1 is 1.30 bits per heavy atom. The second-order valence-corrected chi connectivity index (χ2v) is 10.8. The van der Waals surface area contributed by atoms with Gasteiger partial charge >= 0.3 is 5.97 Å². The molecule has 2 saturated heterocycles. The van der Waals surface area contributed by atoms with E-state index in [-0.39, 0.29) is 42.1 Å². The Morgan fingerprint density at radius 3 is 2.79 bits per heavy atom. The Kier molecular flexibility index (Phi) is 9.55. The number of carbonyl (C=O) groups excluding carboxylic acids is 2. The van der Waals surface area contributed by atoms with Crippen LogP contribution in [0.5, 0.6) is 0 Å². The summed E-state index contributed by atoms with van der Waals surface area (Å²) < 4.78 is 11.7. The van der Waals surface area contributed by atoms with E-state index >= 15 is 0 Å². The highest BCUT2D eigenvalue weighted by molar-refractivity contribution is 7.17. The number of likely N-dealkylation sites (tertiary alicyclic amines) is 1. The lowest BCUT2D eigenvalue weighted by Crippen LogP contribution is -2.54. The van der Waals surface area contributed by atoms with Gasteiger partial charge in [-0.15, -0.1) is 9.24 Å². The number of piperidine rings is 1. The lowest BCUT2D eigenvalue weighted by Gasteiger charge is -2.42. The van der Waals surface area contributed by atoms with Gasteiger partial charge in [0.2, 0.25) is 5.91 Å². The van der Waals surface area contributed by atoms with Crippen molar-refractivity contribution < 1.29 is 24.2 Å². The fourth-order valence-corrected chi connectivity index (χ4v) is 5.64. The number of carbonyl (C=O) groups is 2. The van der Waals surface area contributed by atoms with Crippen molar-refractivity contribution in [2.45, 2.75) is 109 Å². The van der Waals surface area contributed by atoms with Gasteiger partial charge in [-0.1, -0.05) is 37.6 Å². The van der Waals surface area contributed by atoms with Crippen LogP contribution in [-0.2, 0) is 19.1 Å². The smallest absolute Gasteiger partial charge is 0.329 e. The van der Waals surface area contributed by atoms with Crippen molar-refractivity contribution in [2.75, 3.05) is 6.54 Å². The first-order valence-corrected chi connectivity index (χ1v) is 13.4. The first-order valence-electron chi connectivity index (χ1n) is 12.7. The summed E-state index contributed by atoms with van der Waals surface area (Å²) in [6, 6.07) is -0.589. The molecule has 0 aromatic rings. The van der Waals surface area contributed by atoms with E-state index in [9.17, 15) is 14.7 Å². The average molecular weight is 480 g/mol. The predicted molar refractivity (Wildman–Crippen MR) is 132 cm³/mol. The first kappa shape index (κ1) is 26.4. The normalized spacial score (nSPS) is 32.1. The zero-order valence-corrected chi connectivity index (χ0v) is 21.7. The Balaban J connectivity index is 1.62. The van der Waals surface area contributed by atoms with E-state index in [0.717, 1.165) is 51.4 Å². The lowest BCUT2D eigenvalue weighted by atomic mass is 9.89. The van der Waals surface area contributed by atoms with Crippen molar-refractivity contribution in [3.63, 3.8) is 0 Å². The van der Waals surface area contributed by atoms with Crippen LogP contribution in [0.1, 0.15) is 85.0 Å². The number of nitrogens with zero attached hydrogens (tertiary/aromatic N) is 1. The number of amides is 1. The lowest BCUT2D eigenvalue weighted by molar-refractivity contribution is -0.264. The van der Waals surface area contributed by atoms with Crippen molar-refractivity contribution >= 4 is 21.1 Å². The fraction of sp³-hybridized carbons (Fsp3) is 0.769. The molecular weight excluding hydrogens is 437 g/mol. The van der Waals surface area contributed by atoms with Crippen LogP contribution in [-0.4, -0.2) is 52.2 Å². The second kappa shape index (κ2) is 12.0. The third-order valence-corrected chi connectivity index (χ3v) is 8.04. The van der Waals surface area contributed by atoms with Gasteiger partial charge in [-0.2, -0.15) is 0 Å². The highest BCUT2D eigenvalue weighted by Crippen LogP contribution is 2.37. The third-order valence-electron chi connectivity index (χ3n) is 7.57. The van der Waals surface area contributed by atoms with Gasteiger partial charge in [0.05, 0.1) is 12.3 Å². The van der Waals surface area contributed by atoms with Crippen molar-refractivity contribution in [1.29, 1.82) is 0 Å². The van der Waals surface area contributed by atoms with Gasteiger partial charge in [0.25, 0.3) is 0 Å². The number of allylic oxidation sites excluding steroid dienone is 4. The maximum atomic E-state index is 13.2. The van der Waals surface area contributed by atoms with Crippen LogP contribution in [0.4, 0.5) is 0 Å². The molecule has 2 aliphatic heterocycles. The molecule has 7 atom stereocenters. The first-order chi connectivity index (χ1) is 15.7. The van der Waals surface area contributed by atoms with Crippen molar-refractivity contribution in [3.05, 3.63) is 23.8 Å². The number of esters is 1. The predicted octanol–water partition coefficient (Wildman–Crippen LogP) is 4.72. The van der Waals surface area contributed by atoms with Crippen LogP contribution in [0.15, 0.2) is 23.8 Å². The zero-order valence-electron chi connectivity index (χ0n) is 20.5. The summed E-state index contributed by atoms with van der Waals surface area (Å²) in [5, 5.41) is 11.0. The molecule has 33 heavy (non-hydrogen) atoms. The van der Waals surface area contributed by atoms with Gasteiger partial charge in [-0.3, -0.25) is 4.79 Å². The minimum absolute atomic E-state index is 0.128. The molecule has 7 unspecified atom stereocenters. The van der Waals surface area contributed by atoms with Crippen LogP contribution in [0.2, 0.25) is 0 Å². The van der Waals surface area contributed by atoms with E-state index in [4.69, 9.17) is 9.47 Å². The Bertz CT molecular complexity index is 753. The molecule has 3 rings (SSSR count). The number of aliphatic hydroxyl groups is 1. The number of hydrogen-bond acceptors (Lipinski definition) is 5. The monoisotopic (exact) mass is 479 g/mol. The maximum Gasteiger partial charge on any atom is 0.329 e. The Morgan fingerprint density at radius 2 is 2.09 bits per heavy atom. The molecule has 1 N–H and O–H groups in total. The van der Waals surface area contributed by atoms with Crippen molar-refractivity contribution in [2.24, 2.45) is 11.8 Å². The van der Waals surface area contributed by atoms with Crippen LogP contribution in [0.25, 0.3) is 0 Å². The van der Waals surface area contributed by atoms with Gasteiger partial charge in [0, 0.05) is 12.5 Å². The molecule has 0 bridgehead atoms. The standard InChI is InChI=1S/C26H42NO5P/c1-4-21(16-20-10-6-5-7-11-20)19(3)31-25(29)22-12-8-9-15-27(22)23(28)17-26(30)18(2)13-14-24(33)32-26/h6,10-11,18-19,21-22,24,30H,4-5,7-9,12-17,33H2,1-3H3. The number of ether oxygens (including phenoxy) is 2. The maximum absolute atomic E-state index is 13.2. The molecule has 0 saturated carbocycles. The van der Waals surface area contributed by atoms with Crippen molar-refractivity contribution in [3.8, 4) is 0 Å². The van der Waals surface area contributed by atoms with Gasteiger partial charge < -0.3 is 19.5 Å². The summed E-state index contributed by atoms with van der Waals surface area (Å²) >= 11 is 0. The minimum atomic E-state index is -1.49. The van der Waals surface area contributed by atoms with Crippen LogP contribution >= 0.6 is 9.24 Å². The molecule has 0 spiro atoms. The molecule has 6 nitrogen and oxygen atoms in total. The molecule has 0 aromatic carbocycles. The summed E-state index contributed by atoms with van der Waals surface area (Å²) in [7, 11) is 2.58. The Hall–Kier alpha value is -1.23. The summed E-state index contributed by atoms with van der Waals surface area (Å²) in [6.45, 7) is 6.52. The van der Waals surface area contributed by atoms with Gasteiger partial charge in [-0.25, -0.2) is 4.79 Å². The minimum Gasteiger partial charge on any atom is -0.461 e. The zero-order chi connectivity index (χ0) is 24.0. The molecule has 7 heteroatoms. The highest BCUT2D eigenvalue weighted by Gasteiger charge is 2.44. The topological polar surface area (TPSA) is 76.1 Å². The van der Waals surface area contributed by atoms with Gasteiger partial charge in [-0.05, 0) is 70.6 Å². The highest BCUT2D eigenvalue weighted by atomic mass is 31.0. The molecule has 2 heterocycles. The largest absolute Gasteiger partial charge is 0.461 e. The van der Waals surface area contributed by atoms with Crippen LogP contribution < -0.4 is 0 Å². The molecule has 3 aliphatic rings. The van der Waals surface area contributed by atoms with Gasteiger partial charge in [0.15, 0.2) is 5.79 Å². The fourth-order valence-electron chi connectivity index (χ4n) is 5.21. The van der Waals surface area contributed by atoms with E-state index in [1.54, 1.807) is 4.90 Å². The SMILES string of the molecule is CCC(CC1=CCCC=C1)C(C)OC(=O)C1CCCCN1C(=O)CC1(O)OC(P)CCC1C. The van der Waals surface area contributed by atoms with Crippen molar-refractivity contribution in [1.82, 2.24) is 4.90 Å². The molecule has 1 amide bonds. The number of hydrogen-bond donors (Lipinski definition) is 1. The molecule has 0 aromatic heterocycles. The quantitative estimate of drug-likeness (QED) is 0.403. The molecule has 1 aliphatic carbocycles. The second-order valence-electron chi connectivity index (χ2n) is 10.0. The van der Waals surface area contributed by atoms with E-state index in [2.05, 4.69) is 34.4 Å². The summed E-state index contributed by atoms with van der Waals surface area (Å²) in [5.74, 6) is -2.11. The molecule has 2 fully saturated rings. The molecule has 186 valence electrons. The molecular formula is C26H42NO5P. The third kappa shape index (κ3) is 6.90. The molecule has 0 radical (unpaired) electrons. The van der Waals surface area contributed by atoms with E-state index in [1.807, 2.05) is 13.8 Å². The van der Waals surface area contributed by atoms with E-state index < -0.39 is 11.8 Å². The Labute approximate surface area is 201 Å². The van der Waals surface area contributed by atoms with Crippen LogP contribution in [0.3, 0.4) is 0 Å². The summed E-state index contributed by atoms with van der Waals surface area (Å²) in [5.41, 5.74) is 1.31. The average Bonchev–Trinajstić information content (AvgIpc) is 2.80. The van der Waals surface area contributed by atoms with E-state index in [1.165, 1.54) is 5.57 Å². The number of rotatable bonds is 8.